The van der Waals surface area contributed by atoms with E-state index in [2.05, 4.69) is 0 Å². The summed E-state index contributed by atoms with van der Waals surface area (Å²) in [6, 6.07) is 14.4. The zero-order chi connectivity index (χ0) is 31.2. The molecule has 0 bridgehead atoms. The molecular weight excluding hydrogens is 599 g/mol. The molecule has 1 saturated heterocycles. The maximum Gasteiger partial charge on any atom is 0.417 e. The number of rotatable bonds is 8. The summed E-state index contributed by atoms with van der Waals surface area (Å²) < 4.78 is 85.6. The minimum absolute atomic E-state index is 0.0364. The monoisotopic (exact) mass is 631 g/mol. The third-order valence-corrected chi connectivity index (χ3v) is 9.84. The van der Waals surface area contributed by atoms with Gasteiger partial charge in [-0.05, 0) is 72.2 Å². The first kappa shape index (κ1) is 30.3. The van der Waals surface area contributed by atoms with Gasteiger partial charge in [-0.25, -0.2) is 12.7 Å². The largest absolute Gasteiger partial charge is 0.492 e. The molecule has 0 radical (unpaired) electrons. The van der Waals surface area contributed by atoms with Gasteiger partial charge < -0.3 is 19.3 Å². The third-order valence-electron chi connectivity index (χ3n) is 8.54. The van der Waals surface area contributed by atoms with Crippen LogP contribution >= 0.6 is 0 Å². The van der Waals surface area contributed by atoms with Gasteiger partial charge in [-0.15, -0.1) is 0 Å². The number of nitrogens with zero attached hydrogens (tertiary/aromatic N) is 1. The van der Waals surface area contributed by atoms with Crippen molar-refractivity contribution in [3.05, 3.63) is 76.9 Å². The second-order valence-corrected chi connectivity index (χ2v) is 13.5. The zero-order valence-electron chi connectivity index (χ0n) is 24.0. The molecule has 0 aromatic heterocycles. The van der Waals surface area contributed by atoms with E-state index < -0.39 is 33.8 Å². The molecule has 2 heterocycles. The van der Waals surface area contributed by atoms with Crippen LogP contribution in [-0.4, -0.2) is 55.9 Å². The second kappa shape index (κ2) is 11.6. The van der Waals surface area contributed by atoms with E-state index >= 15 is 0 Å². The summed E-state index contributed by atoms with van der Waals surface area (Å²) in [5.74, 6) is 0.430. The van der Waals surface area contributed by atoms with Gasteiger partial charge in [0.2, 0.25) is 10.0 Å². The van der Waals surface area contributed by atoms with Gasteiger partial charge in [0, 0.05) is 30.6 Å². The van der Waals surface area contributed by atoms with Gasteiger partial charge in [-0.1, -0.05) is 24.3 Å². The van der Waals surface area contributed by atoms with E-state index in [1.165, 1.54) is 16.6 Å². The van der Waals surface area contributed by atoms with Crippen LogP contribution in [0.4, 0.5) is 13.2 Å². The van der Waals surface area contributed by atoms with E-state index in [0.717, 1.165) is 11.6 Å². The van der Waals surface area contributed by atoms with Crippen molar-refractivity contribution < 1.29 is 45.7 Å². The van der Waals surface area contributed by atoms with Crippen LogP contribution in [0, 0.1) is 0 Å². The summed E-state index contributed by atoms with van der Waals surface area (Å²) in [5.41, 5.74) is 1.92. The van der Waals surface area contributed by atoms with Crippen LogP contribution in [0.25, 0.3) is 11.1 Å². The van der Waals surface area contributed by atoms with Crippen molar-refractivity contribution in [3.63, 3.8) is 0 Å². The normalized spacial score (nSPS) is 20.5. The van der Waals surface area contributed by atoms with Crippen molar-refractivity contribution in [2.75, 3.05) is 26.0 Å². The zero-order valence-corrected chi connectivity index (χ0v) is 24.8. The number of hydrogen-bond donors (Lipinski definition) is 1. The Labute approximate surface area is 253 Å². The lowest BCUT2D eigenvalue weighted by Gasteiger charge is -2.30. The first-order valence-corrected chi connectivity index (χ1v) is 16.3. The van der Waals surface area contributed by atoms with Gasteiger partial charge in [-0.3, -0.25) is 4.79 Å². The highest BCUT2D eigenvalue weighted by Crippen LogP contribution is 2.47. The van der Waals surface area contributed by atoms with Crippen molar-refractivity contribution in [1.29, 1.82) is 0 Å². The van der Waals surface area contributed by atoms with Crippen molar-refractivity contribution in [1.82, 2.24) is 4.31 Å². The van der Waals surface area contributed by atoms with Crippen LogP contribution in [-0.2, 0) is 27.4 Å². The second-order valence-electron chi connectivity index (χ2n) is 11.5. The molecular formula is C32H32F3NO7S. The number of fused-ring (bicyclic) bond motifs is 2. The summed E-state index contributed by atoms with van der Waals surface area (Å²) in [6.45, 7) is 0.993. The van der Waals surface area contributed by atoms with Crippen LogP contribution in [0.1, 0.15) is 60.0 Å². The van der Waals surface area contributed by atoms with Gasteiger partial charge >= 0.3 is 12.1 Å². The Hall–Kier alpha value is -3.77. The molecule has 3 aromatic rings. The van der Waals surface area contributed by atoms with E-state index in [9.17, 15) is 26.4 Å². The molecule has 234 valence electrons. The quantitative estimate of drug-likeness (QED) is 0.316. The molecule has 3 aliphatic rings. The summed E-state index contributed by atoms with van der Waals surface area (Å²) in [6.07, 6.45) is -2.10. The van der Waals surface area contributed by atoms with Crippen LogP contribution in [0.5, 0.6) is 17.2 Å². The Morgan fingerprint density at radius 3 is 2.32 bits per heavy atom. The molecule has 1 N–H and O–H groups in total. The predicted octanol–water partition coefficient (Wildman–Crippen LogP) is 6.19. The maximum atomic E-state index is 14.2. The van der Waals surface area contributed by atoms with Crippen molar-refractivity contribution in [2.24, 2.45) is 0 Å². The molecule has 0 spiro atoms. The number of carbonyl (C=O) groups is 1. The Morgan fingerprint density at radius 1 is 0.977 bits per heavy atom. The lowest BCUT2D eigenvalue weighted by atomic mass is 9.91. The first-order valence-electron chi connectivity index (χ1n) is 14.5. The molecule has 2 aliphatic heterocycles. The Balaban J connectivity index is 1.22. The number of alkyl halides is 3. The van der Waals surface area contributed by atoms with E-state index in [4.69, 9.17) is 19.3 Å². The lowest BCUT2D eigenvalue weighted by Crippen LogP contribution is -2.41. The maximum absolute atomic E-state index is 14.2. The standard InChI is InChI=1S/C32H32F3NO7S/c1-44(39,40)36-14-12-22(13-15-36)42-21-4-2-19(3-5-21)31-26-9-11-28(25(26)8-10-27(31)32(33,34)35)43-23-6-7-24-20(16-30(37)38)18-41-29(24)17-23/h2-8,10,17,20,22,28H,9,11-16,18H2,1H3,(H,37,38). The van der Waals surface area contributed by atoms with E-state index in [0.29, 0.717) is 72.7 Å². The average Bonchev–Trinajstić information content (AvgIpc) is 3.55. The van der Waals surface area contributed by atoms with Crippen LogP contribution in [0.3, 0.4) is 0 Å². The van der Waals surface area contributed by atoms with Crippen LogP contribution < -0.4 is 14.2 Å². The summed E-state index contributed by atoms with van der Waals surface area (Å²) >= 11 is 0. The number of piperidine rings is 1. The Bertz CT molecular complexity index is 1670. The summed E-state index contributed by atoms with van der Waals surface area (Å²) in [7, 11) is -3.26. The first-order chi connectivity index (χ1) is 20.9. The minimum Gasteiger partial charge on any atom is -0.492 e. The average molecular weight is 632 g/mol. The predicted molar refractivity (Wildman–Crippen MR) is 156 cm³/mol. The van der Waals surface area contributed by atoms with Gasteiger partial charge in [0.25, 0.3) is 0 Å². The summed E-state index contributed by atoms with van der Waals surface area (Å²) in [4.78, 5) is 11.2. The highest BCUT2D eigenvalue weighted by molar-refractivity contribution is 7.88. The fraction of sp³-hybridized carbons (Fsp3) is 0.406. The summed E-state index contributed by atoms with van der Waals surface area (Å²) in [5, 5.41) is 9.15. The molecule has 12 heteroatoms. The number of hydrogen-bond acceptors (Lipinski definition) is 6. The van der Waals surface area contributed by atoms with Gasteiger partial charge in [0.05, 0.1) is 24.8 Å². The number of benzene rings is 3. The fourth-order valence-corrected chi connectivity index (χ4v) is 7.28. The molecule has 6 rings (SSSR count). The topological polar surface area (TPSA) is 102 Å². The highest BCUT2D eigenvalue weighted by atomic mass is 32.2. The molecule has 1 fully saturated rings. The molecule has 2 unspecified atom stereocenters. The smallest absolute Gasteiger partial charge is 0.417 e. The molecule has 0 saturated carbocycles. The van der Waals surface area contributed by atoms with Crippen LogP contribution in [0.15, 0.2) is 54.6 Å². The molecule has 3 aromatic carbocycles. The van der Waals surface area contributed by atoms with Crippen molar-refractivity contribution in [3.8, 4) is 28.4 Å². The van der Waals surface area contributed by atoms with Gasteiger partial charge in [0.15, 0.2) is 0 Å². The highest BCUT2D eigenvalue weighted by Gasteiger charge is 2.38. The molecule has 44 heavy (non-hydrogen) atoms. The molecule has 0 amide bonds. The molecule has 8 nitrogen and oxygen atoms in total. The number of aliphatic carboxylic acids is 1. The van der Waals surface area contributed by atoms with Gasteiger partial charge in [-0.2, -0.15) is 13.2 Å². The number of halogens is 3. The number of sulfonamides is 1. The van der Waals surface area contributed by atoms with Gasteiger partial charge in [0.1, 0.15) is 29.5 Å². The third kappa shape index (κ3) is 6.23. The number of carboxylic acids is 1. The van der Waals surface area contributed by atoms with Crippen molar-refractivity contribution >= 4 is 16.0 Å². The Morgan fingerprint density at radius 2 is 1.66 bits per heavy atom. The fourth-order valence-electron chi connectivity index (χ4n) is 6.40. The molecule has 2 atom stereocenters. The minimum atomic E-state index is -4.56. The van der Waals surface area contributed by atoms with Crippen LogP contribution in [0.2, 0.25) is 0 Å². The SMILES string of the molecule is CS(=O)(=O)N1CCC(Oc2ccc(-c3c(C(F)(F)F)ccc4c3CCC4Oc3ccc4c(c3)OCC4CC(=O)O)cc2)CC1. The number of ether oxygens (including phenoxy) is 3. The Kier molecular flexibility index (Phi) is 8.00. The van der Waals surface area contributed by atoms with E-state index in [-0.39, 0.29) is 30.6 Å². The van der Waals surface area contributed by atoms with E-state index in [1.54, 1.807) is 42.5 Å². The molecule has 1 aliphatic carbocycles. The number of carboxylic acid groups (broad SMARTS) is 1. The lowest BCUT2D eigenvalue weighted by molar-refractivity contribution is -0.138. The van der Waals surface area contributed by atoms with E-state index in [1.807, 2.05) is 0 Å². The van der Waals surface area contributed by atoms with Crippen molar-refractivity contribution in [2.45, 2.75) is 56.4 Å².